The van der Waals surface area contributed by atoms with Gasteiger partial charge in [0.15, 0.2) is 0 Å². The zero-order valence-electron chi connectivity index (χ0n) is 11.9. The number of nitro benzene ring substituents is 1. The molecule has 1 aliphatic rings. The number of rotatable bonds is 4. The monoisotopic (exact) mass is 316 g/mol. The predicted molar refractivity (Wildman–Crippen MR) is 75.0 cm³/mol. The number of halogens is 1. The molecule has 0 heterocycles. The van der Waals surface area contributed by atoms with Gasteiger partial charge in [-0.3, -0.25) is 10.1 Å². The smallest absolute Gasteiger partial charge is 0.258 e. The molecule has 21 heavy (non-hydrogen) atoms. The quantitative estimate of drug-likeness (QED) is 0.631. The molecular formula is C13H17FN2O4S. The van der Waals surface area contributed by atoms with E-state index in [1.807, 2.05) is 0 Å². The summed E-state index contributed by atoms with van der Waals surface area (Å²) in [6.07, 6.45) is 3.48. The minimum Gasteiger partial charge on any atom is -0.258 e. The fourth-order valence-electron chi connectivity index (χ4n) is 2.63. The number of aryl methyl sites for hydroxylation is 1. The van der Waals surface area contributed by atoms with Crippen LogP contribution in [0.15, 0.2) is 17.0 Å². The number of nitro groups is 1. The van der Waals surface area contributed by atoms with Gasteiger partial charge in [-0.25, -0.2) is 8.42 Å². The molecular weight excluding hydrogens is 299 g/mol. The number of benzene rings is 1. The zero-order valence-corrected chi connectivity index (χ0v) is 12.7. The third-order valence-corrected chi connectivity index (χ3v) is 5.81. The van der Waals surface area contributed by atoms with Crippen LogP contribution in [0.2, 0.25) is 0 Å². The highest BCUT2D eigenvalue weighted by molar-refractivity contribution is 7.89. The van der Waals surface area contributed by atoms with Gasteiger partial charge in [0.05, 0.1) is 9.82 Å². The van der Waals surface area contributed by atoms with Gasteiger partial charge in [-0.2, -0.15) is 8.70 Å². The van der Waals surface area contributed by atoms with Gasteiger partial charge in [0.25, 0.3) is 0 Å². The molecule has 0 saturated heterocycles. The van der Waals surface area contributed by atoms with Crippen molar-refractivity contribution in [3.63, 3.8) is 0 Å². The molecule has 1 aliphatic carbocycles. The summed E-state index contributed by atoms with van der Waals surface area (Å²) < 4.78 is 40.0. The maximum atomic E-state index is 13.7. The molecule has 0 amide bonds. The van der Waals surface area contributed by atoms with Crippen molar-refractivity contribution in [3.8, 4) is 0 Å². The SMILES string of the molecule is Cc1cc(S(=O)(=O)N(C)C2CCCC2)cc([N+](=O)[O-])c1F. The minimum atomic E-state index is -3.86. The number of sulfonamides is 1. The number of hydrogen-bond donors (Lipinski definition) is 0. The summed E-state index contributed by atoms with van der Waals surface area (Å²) in [5.74, 6) is -0.998. The Morgan fingerprint density at radius 3 is 2.43 bits per heavy atom. The van der Waals surface area contributed by atoms with Crippen LogP contribution in [0.25, 0.3) is 0 Å². The first-order chi connectivity index (χ1) is 9.75. The molecule has 0 spiro atoms. The third kappa shape index (κ3) is 2.91. The lowest BCUT2D eigenvalue weighted by atomic mass is 10.2. The van der Waals surface area contributed by atoms with E-state index in [2.05, 4.69) is 0 Å². The molecule has 1 aromatic carbocycles. The molecule has 0 aliphatic heterocycles. The van der Waals surface area contributed by atoms with E-state index >= 15 is 0 Å². The van der Waals surface area contributed by atoms with E-state index in [9.17, 15) is 22.9 Å². The van der Waals surface area contributed by atoms with Crippen LogP contribution in [-0.2, 0) is 10.0 Å². The van der Waals surface area contributed by atoms with Crippen molar-refractivity contribution >= 4 is 15.7 Å². The van der Waals surface area contributed by atoms with Gasteiger partial charge in [0.2, 0.25) is 15.8 Å². The molecule has 0 unspecified atom stereocenters. The summed E-state index contributed by atoms with van der Waals surface area (Å²) in [5.41, 5.74) is -0.865. The second-order valence-corrected chi connectivity index (χ2v) is 7.29. The topological polar surface area (TPSA) is 80.5 Å². The summed E-state index contributed by atoms with van der Waals surface area (Å²) in [6.45, 7) is 1.32. The lowest BCUT2D eigenvalue weighted by Gasteiger charge is -2.23. The number of nitrogens with zero attached hydrogens (tertiary/aromatic N) is 2. The van der Waals surface area contributed by atoms with Gasteiger partial charge >= 0.3 is 5.69 Å². The molecule has 0 bridgehead atoms. The van der Waals surface area contributed by atoms with E-state index in [1.165, 1.54) is 18.3 Å². The van der Waals surface area contributed by atoms with Crippen LogP contribution in [0.3, 0.4) is 0 Å². The summed E-state index contributed by atoms with van der Waals surface area (Å²) in [7, 11) is -2.39. The molecule has 0 atom stereocenters. The Morgan fingerprint density at radius 2 is 1.90 bits per heavy atom. The van der Waals surface area contributed by atoms with Crippen LogP contribution in [0.4, 0.5) is 10.1 Å². The predicted octanol–water partition coefficient (Wildman–Crippen LogP) is 2.61. The maximum Gasteiger partial charge on any atom is 0.306 e. The van der Waals surface area contributed by atoms with Crippen LogP contribution in [-0.4, -0.2) is 30.7 Å². The second-order valence-electron chi connectivity index (χ2n) is 5.29. The van der Waals surface area contributed by atoms with Gasteiger partial charge in [-0.05, 0) is 31.4 Å². The van der Waals surface area contributed by atoms with Crippen molar-refractivity contribution in [1.29, 1.82) is 0 Å². The normalized spacial score (nSPS) is 16.6. The summed E-state index contributed by atoms with van der Waals surface area (Å²) >= 11 is 0. The largest absolute Gasteiger partial charge is 0.306 e. The van der Waals surface area contributed by atoms with Crippen molar-refractivity contribution in [2.24, 2.45) is 0 Å². The number of hydrogen-bond acceptors (Lipinski definition) is 4. The van der Waals surface area contributed by atoms with Crippen molar-refractivity contribution in [2.75, 3.05) is 7.05 Å². The standard InChI is InChI=1S/C13H17FN2O4S/c1-9-7-11(8-12(13(9)14)16(17)18)21(19,20)15(2)10-5-3-4-6-10/h7-8,10H,3-6H2,1-2H3. The van der Waals surface area contributed by atoms with Crippen LogP contribution < -0.4 is 0 Å². The van der Waals surface area contributed by atoms with E-state index in [1.54, 1.807) is 0 Å². The first kappa shape index (κ1) is 15.8. The molecule has 0 aromatic heterocycles. The maximum absolute atomic E-state index is 13.7. The van der Waals surface area contributed by atoms with Gasteiger partial charge in [0, 0.05) is 19.2 Å². The second kappa shape index (κ2) is 5.69. The van der Waals surface area contributed by atoms with E-state index < -0.39 is 26.5 Å². The molecule has 6 nitrogen and oxygen atoms in total. The summed E-state index contributed by atoms with van der Waals surface area (Å²) in [5, 5.41) is 10.8. The summed E-state index contributed by atoms with van der Waals surface area (Å²) in [6, 6.07) is 1.84. The van der Waals surface area contributed by atoms with Crippen LogP contribution in [0.5, 0.6) is 0 Å². The molecule has 2 rings (SSSR count). The third-order valence-electron chi connectivity index (χ3n) is 3.92. The Bertz CT molecular complexity index is 669. The highest BCUT2D eigenvalue weighted by Crippen LogP contribution is 2.30. The Hall–Kier alpha value is -1.54. The zero-order chi connectivity index (χ0) is 15.8. The van der Waals surface area contributed by atoms with Gasteiger partial charge in [-0.15, -0.1) is 0 Å². The fraction of sp³-hybridized carbons (Fsp3) is 0.538. The van der Waals surface area contributed by atoms with Crippen molar-refractivity contribution in [3.05, 3.63) is 33.6 Å². The Balaban J connectivity index is 2.47. The highest BCUT2D eigenvalue weighted by atomic mass is 32.2. The average Bonchev–Trinajstić information content (AvgIpc) is 2.94. The van der Waals surface area contributed by atoms with Gasteiger partial charge < -0.3 is 0 Å². The molecule has 1 saturated carbocycles. The molecule has 8 heteroatoms. The van der Waals surface area contributed by atoms with E-state index in [4.69, 9.17) is 0 Å². The average molecular weight is 316 g/mol. The molecule has 1 fully saturated rings. The molecule has 116 valence electrons. The molecule has 0 N–H and O–H groups in total. The Labute approximate surface area is 122 Å². The van der Waals surface area contributed by atoms with Crippen LogP contribution in [0, 0.1) is 22.9 Å². The van der Waals surface area contributed by atoms with Crippen LogP contribution in [0.1, 0.15) is 31.2 Å². The Morgan fingerprint density at radius 1 is 1.33 bits per heavy atom. The molecule has 0 radical (unpaired) electrons. The highest BCUT2D eigenvalue weighted by Gasteiger charge is 2.32. The van der Waals surface area contributed by atoms with E-state index in [0.29, 0.717) is 0 Å². The van der Waals surface area contributed by atoms with E-state index in [-0.39, 0.29) is 16.5 Å². The van der Waals surface area contributed by atoms with Crippen molar-refractivity contribution in [1.82, 2.24) is 4.31 Å². The Kier molecular flexibility index (Phi) is 4.29. The fourth-order valence-corrected chi connectivity index (χ4v) is 4.15. The minimum absolute atomic E-state index is 0.0532. The first-order valence-electron chi connectivity index (χ1n) is 6.67. The lowest BCUT2D eigenvalue weighted by Crippen LogP contribution is -2.35. The van der Waals surface area contributed by atoms with Gasteiger partial charge in [0.1, 0.15) is 0 Å². The lowest BCUT2D eigenvalue weighted by molar-refractivity contribution is -0.387. The summed E-state index contributed by atoms with van der Waals surface area (Å²) in [4.78, 5) is 9.70. The van der Waals surface area contributed by atoms with Crippen molar-refractivity contribution < 1.29 is 17.7 Å². The first-order valence-corrected chi connectivity index (χ1v) is 8.11. The molecule has 1 aromatic rings. The van der Waals surface area contributed by atoms with E-state index in [0.717, 1.165) is 37.8 Å². The van der Waals surface area contributed by atoms with Crippen LogP contribution >= 0.6 is 0 Å². The van der Waals surface area contributed by atoms with Gasteiger partial charge in [-0.1, -0.05) is 12.8 Å². The van der Waals surface area contributed by atoms with Crippen molar-refractivity contribution in [2.45, 2.75) is 43.5 Å².